The van der Waals surface area contributed by atoms with Gasteiger partial charge in [-0.1, -0.05) is 6.92 Å². The van der Waals surface area contributed by atoms with Crippen molar-refractivity contribution in [2.24, 2.45) is 11.3 Å². The second-order valence-corrected chi connectivity index (χ2v) is 10.5. The Labute approximate surface area is 171 Å². The number of hydrogen-bond acceptors (Lipinski definition) is 7. The third-order valence-corrected chi connectivity index (χ3v) is 8.18. The topological polar surface area (TPSA) is 94.7 Å². The molecule has 7 nitrogen and oxygen atoms in total. The first kappa shape index (κ1) is 20.8. The standard InChI is InChI=1S/C22H32O7/c1-12-20(6,27-12)17(25)26-16-8-9-19(5)11-15(24)22(18(3,4)29-22)10-14(19)21(16,7)28-13(2)23/h12,14,16H,8-11H2,1-7H3. The van der Waals surface area contributed by atoms with Crippen molar-refractivity contribution in [3.63, 3.8) is 0 Å². The summed E-state index contributed by atoms with van der Waals surface area (Å²) < 4.78 is 23.1. The maximum Gasteiger partial charge on any atom is 0.341 e. The van der Waals surface area contributed by atoms with Crippen LogP contribution < -0.4 is 0 Å². The number of carbonyl (C=O) groups is 3. The van der Waals surface area contributed by atoms with Crippen molar-refractivity contribution in [2.75, 3.05) is 0 Å². The molecule has 0 aromatic heterocycles. The van der Waals surface area contributed by atoms with E-state index in [4.69, 9.17) is 18.9 Å². The molecule has 0 N–H and O–H groups in total. The predicted molar refractivity (Wildman–Crippen MR) is 102 cm³/mol. The van der Waals surface area contributed by atoms with E-state index in [1.807, 2.05) is 27.7 Å². The van der Waals surface area contributed by atoms with Crippen LogP contribution in [0.1, 0.15) is 74.1 Å². The number of ether oxygens (including phenoxy) is 4. The fraction of sp³-hybridized carbons (Fsp3) is 0.864. The quantitative estimate of drug-likeness (QED) is 0.523. The molecule has 2 saturated heterocycles. The molecule has 4 aliphatic rings. The van der Waals surface area contributed by atoms with Crippen LogP contribution in [0.25, 0.3) is 0 Å². The van der Waals surface area contributed by atoms with E-state index < -0.39 is 40.4 Å². The Bertz CT molecular complexity index is 790. The van der Waals surface area contributed by atoms with Gasteiger partial charge < -0.3 is 18.9 Å². The Morgan fingerprint density at radius 1 is 1.14 bits per heavy atom. The van der Waals surface area contributed by atoms with Crippen LogP contribution in [0.5, 0.6) is 0 Å². The summed E-state index contributed by atoms with van der Waals surface area (Å²) in [7, 11) is 0. The minimum absolute atomic E-state index is 0.120. The Balaban J connectivity index is 1.67. The highest BCUT2D eigenvalue weighted by molar-refractivity contribution is 5.93. The summed E-state index contributed by atoms with van der Waals surface area (Å²) in [5.41, 5.74) is -3.70. The van der Waals surface area contributed by atoms with Gasteiger partial charge in [0.1, 0.15) is 17.3 Å². The van der Waals surface area contributed by atoms with E-state index in [0.717, 1.165) is 0 Å². The van der Waals surface area contributed by atoms with Gasteiger partial charge in [0.2, 0.25) is 0 Å². The molecule has 2 aliphatic heterocycles. The molecule has 0 aromatic rings. The lowest BCUT2D eigenvalue weighted by Gasteiger charge is -2.56. The summed E-state index contributed by atoms with van der Waals surface area (Å²) in [5, 5.41) is 0. The zero-order valence-electron chi connectivity index (χ0n) is 18.4. The van der Waals surface area contributed by atoms with Crippen molar-refractivity contribution in [3.05, 3.63) is 0 Å². The van der Waals surface area contributed by atoms with Gasteiger partial charge in [-0.25, -0.2) is 4.79 Å². The number of ketones is 1. The molecule has 0 aromatic carbocycles. The molecule has 0 radical (unpaired) electrons. The third kappa shape index (κ3) is 2.80. The van der Waals surface area contributed by atoms with Crippen LogP contribution in [0.4, 0.5) is 0 Å². The van der Waals surface area contributed by atoms with Gasteiger partial charge in [-0.2, -0.15) is 0 Å². The number of esters is 2. The van der Waals surface area contributed by atoms with Gasteiger partial charge >= 0.3 is 11.9 Å². The largest absolute Gasteiger partial charge is 0.456 e. The van der Waals surface area contributed by atoms with E-state index >= 15 is 0 Å². The molecule has 7 unspecified atom stereocenters. The SMILES string of the molecule is CC(=O)OC1(C)C(OC(=O)C2(C)OC2C)CCC2(C)CC(=O)C3(CC21)OC3(C)C. The van der Waals surface area contributed by atoms with E-state index in [2.05, 4.69) is 6.92 Å². The Hall–Kier alpha value is -1.47. The lowest BCUT2D eigenvalue weighted by Crippen LogP contribution is -2.64. The zero-order valence-corrected chi connectivity index (χ0v) is 18.4. The molecule has 2 saturated carbocycles. The molecule has 162 valence electrons. The molecule has 0 bridgehead atoms. The van der Waals surface area contributed by atoms with Crippen LogP contribution in [0, 0.1) is 11.3 Å². The smallest absolute Gasteiger partial charge is 0.341 e. The van der Waals surface area contributed by atoms with E-state index in [9.17, 15) is 14.4 Å². The van der Waals surface area contributed by atoms with Gasteiger partial charge in [0, 0.05) is 19.3 Å². The molecule has 4 fully saturated rings. The van der Waals surface area contributed by atoms with Crippen molar-refractivity contribution in [2.45, 2.75) is 109 Å². The fourth-order valence-electron chi connectivity index (χ4n) is 5.92. The second kappa shape index (κ2) is 5.82. The van der Waals surface area contributed by atoms with Gasteiger partial charge in [-0.05, 0) is 59.3 Å². The van der Waals surface area contributed by atoms with Gasteiger partial charge in [0.25, 0.3) is 0 Å². The van der Waals surface area contributed by atoms with Gasteiger partial charge in [-0.3, -0.25) is 9.59 Å². The van der Waals surface area contributed by atoms with E-state index in [0.29, 0.717) is 25.7 Å². The number of hydrogen-bond donors (Lipinski definition) is 0. The predicted octanol–water partition coefficient (Wildman–Crippen LogP) is 2.72. The lowest BCUT2D eigenvalue weighted by atomic mass is 9.51. The van der Waals surface area contributed by atoms with Crippen LogP contribution in [0.15, 0.2) is 0 Å². The molecule has 29 heavy (non-hydrogen) atoms. The first-order valence-corrected chi connectivity index (χ1v) is 10.5. The van der Waals surface area contributed by atoms with Crippen LogP contribution in [-0.4, -0.2) is 52.3 Å². The average Bonchev–Trinajstić information content (AvgIpc) is 3.38. The molecule has 2 heterocycles. The first-order valence-electron chi connectivity index (χ1n) is 10.5. The highest BCUT2D eigenvalue weighted by Crippen LogP contribution is 2.64. The van der Waals surface area contributed by atoms with Gasteiger partial charge in [0.15, 0.2) is 17.0 Å². The number of fused-ring (bicyclic) bond motifs is 1. The summed E-state index contributed by atoms with van der Waals surface area (Å²) in [4.78, 5) is 37.8. The summed E-state index contributed by atoms with van der Waals surface area (Å²) in [5.74, 6) is -0.909. The van der Waals surface area contributed by atoms with Gasteiger partial charge in [0.05, 0.1) is 6.10 Å². The Morgan fingerprint density at radius 3 is 2.21 bits per heavy atom. The minimum Gasteiger partial charge on any atom is -0.456 e. The van der Waals surface area contributed by atoms with Crippen molar-refractivity contribution < 1.29 is 33.3 Å². The summed E-state index contributed by atoms with van der Waals surface area (Å²) in [6, 6.07) is 0. The second-order valence-electron chi connectivity index (χ2n) is 10.5. The van der Waals surface area contributed by atoms with Crippen LogP contribution in [0.3, 0.4) is 0 Å². The molecule has 1 spiro atoms. The van der Waals surface area contributed by atoms with E-state index in [1.165, 1.54) is 6.92 Å². The normalized spacial score (nSPS) is 49.9. The fourth-order valence-corrected chi connectivity index (χ4v) is 5.92. The van der Waals surface area contributed by atoms with Crippen molar-refractivity contribution in [1.82, 2.24) is 0 Å². The molecule has 4 rings (SSSR count). The third-order valence-electron chi connectivity index (χ3n) is 8.18. The van der Waals surface area contributed by atoms with Gasteiger partial charge in [-0.15, -0.1) is 0 Å². The molecule has 7 atom stereocenters. The number of rotatable bonds is 3. The van der Waals surface area contributed by atoms with E-state index in [-0.39, 0.29) is 23.2 Å². The first-order chi connectivity index (χ1) is 13.2. The maximum absolute atomic E-state index is 13.0. The van der Waals surface area contributed by atoms with Crippen molar-refractivity contribution >= 4 is 17.7 Å². The summed E-state index contributed by atoms with van der Waals surface area (Å²) >= 11 is 0. The monoisotopic (exact) mass is 408 g/mol. The highest BCUT2D eigenvalue weighted by Gasteiger charge is 2.75. The van der Waals surface area contributed by atoms with Crippen LogP contribution in [0.2, 0.25) is 0 Å². The van der Waals surface area contributed by atoms with E-state index in [1.54, 1.807) is 6.92 Å². The molecule has 7 heteroatoms. The molecular formula is C22H32O7. The van der Waals surface area contributed by atoms with Crippen molar-refractivity contribution in [3.8, 4) is 0 Å². The lowest BCUT2D eigenvalue weighted by molar-refractivity contribution is -0.224. The molecule has 2 aliphatic carbocycles. The summed E-state index contributed by atoms with van der Waals surface area (Å²) in [6.45, 7) is 12.7. The average molecular weight is 408 g/mol. The van der Waals surface area contributed by atoms with Crippen LogP contribution in [-0.2, 0) is 33.3 Å². The number of Topliss-reactive ketones (excluding diaryl/α,β-unsaturated/α-hetero) is 1. The minimum atomic E-state index is -1.04. The summed E-state index contributed by atoms with van der Waals surface area (Å²) in [6.07, 6.45) is 1.27. The zero-order chi connectivity index (χ0) is 21.6. The Kier molecular flexibility index (Phi) is 4.17. The van der Waals surface area contributed by atoms with Crippen molar-refractivity contribution in [1.29, 1.82) is 0 Å². The number of carbonyl (C=O) groups excluding carboxylic acids is 3. The molecule has 0 amide bonds. The number of epoxide rings is 2. The molecular weight excluding hydrogens is 376 g/mol. The van der Waals surface area contributed by atoms with Crippen LogP contribution >= 0.6 is 0 Å². The highest BCUT2D eigenvalue weighted by atomic mass is 16.7. The maximum atomic E-state index is 13.0. The Morgan fingerprint density at radius 2 is 1.72 bits per heavy atom.